The Morgan fingerprint density at radius 1 is 1.44 bits per heavy atom. The molecule has 4 heteroatoms. The van der Waals surface area contributed by atoms with Gasteiger partial charge in [-0.3, -0.25) is 4.90 Å². The molecule has 0 aliphatic carbocycles. The highest BCUT2D eigenvalue weighted by Crippen LogP contribution is 2.15. The topological polar surface area (TPSA) is 58.7 Å². The Labute approximate surface area is 109 Å². The fourth-order valence-electron chi connectivity index (χ4n) is 2.05. The lowest BCUT2D eigenvalue weighted by atomic mass is 10.1. The van der Waals surface area contributed by atoms with Crippen molar-refractivity contribution in [2.24, 2.45) is 5.73 Å². The van der Waals surface area contributed by atoms with Crippen LogP contribution >= 0.6 is 0 Å². The predicted molar refractivity (Wildman–Crippen MR) is 73.6 cm³/mol. The van der Waals surface area contributed by atoms with E-state index < -0.39 is 0 Å². The number of hydrogen-bond donors (Lipinski definition) is 2. The van der Waals surface area contributed by atoms with Crippen LogP contribution in [0.15, 0.2) is 24.3 Å². The van der Waals surface area contributed by atoms with Crippen LogP contribution in [0, 0.1) is 0 Å². The quantitative estimate of drug-likeness (QED) is 0.766. The van der Waals surface area contributed by atoms with Crippen LogP contribution in [0.3, 0.4) is 0 Å². The molecule has 0 heterocycles. The van der Waals surface area contributed by atoms with E-state index in [9.17, 15) is 5.11 Å². The molecule has 0 amide bonds. The number of ether oxygens (including phenoxy) is 1. The van der Waals surface area contributed by atoms with Gasteiger partial charge in [-0.2, -0.15) is 0 Å². The maximum absolute atomic E-state index is 9.43. The number of likely N-dealkylation sites (N-methyl/N-ethyl adjacent to an activating group) is 1. The second kappa shape index (κ2) is 7.36. The fraction of sp³-hybridized carbons (Fsp3) is 0.571. The summed E-state index contributed by atoms with van der Waals surface area (Å²) in [5.41, 5.74) is 7.16. The maximum atomic E-state index is 9.43. The fourth-order valence-corrected chi connectivity index (χ4v) is 2.05. The lowest BCUT2D eigenvalue weighted by molar-refractivity contribution is 0.120. The molecule has 1 aromatic rings. The molecule has 3 N–H and O–H groups in total. The zero-order valence-corrected chi connectivity index (χ0v) is 11.5. The Morgan fingerprint density at radius 3 is 2.72 bits per heavy atom. The summed E-state index contributed by atoms with van der Waals surface area (Å²) < 4.78 is 5.20. The van der Waals surface area contributed by atoms with Crippen molar-refractivity contribution in [3.8, 4) is 5.75 Å². The van der Waals surface area contributed by atoms with Gasteiger partial charge in [-0.25, -0.2) is 0 Å². The average molecular weight is 252 g/mol. The first-order chi connectivity index (χ1) is 8.62. The summed E-state index contributed by atoms with van der Waals surface area (Å²) in [6.45, 7) is 2.86. The Balaban J connectivity index is 2.69. The van der Waals surface area contributed by atoms with E-state index in [1.165, 1.54) is 0 Å². The molecule has 2 unspecified atom stereocenters. The molecule has 0 saturated carbocycles. The third kappa shape index (κ3) is 3.98. The Hall–Kier alpha value is -1.10. The van der Waals surface area contributed by atoms with Gasteiger partial charge in [0.1, 0.15) is 5.75 Å². The number of methoxy groups -OCH3 is 1. The van der Waals surface area contributed by atoms with E-state index >= 15 is 0 Å². The zero-order chi connectivity index (χ0) is 13.5. The van der Waals surface area contributed by atoms with Crippen LogP contribution < -0.4 is 10.5 Å². The van der Waals surface area contributed by atoms with E-state index in [0.717, 1.165) is 24.3 Å². The number of aliphatic hydroxyl groups is 1. The minimum absolute atomic E-state index is 0.00870. The molecular formula is C14H24N2O2. The molecule has 0 aliphatic heterocycles. The van der Waals surface area contributed by atoms with Gasteiger partial charge in [0, 0.05) is 18.6 Å². The molecule has 0 saturated heterocycles. The smallest absolute Gasteiger partial charge is 0.119 e. The van der Waals surface area contributed by atoms with Crippen LogP contribution in [0.2, 0.25) is 0 Å². The number of nitrogens with zero attached hydrogens (tertiary/aromatic N) is 1. The molecule has 18 heavy (non-hydrogen) atoms. The predicted octanol–water partition coefficient (Wildman–Crippen LogP) is 1.23. The van der Waals surface area contributed by atoms with E-state index in [1.807, 2.05) is 38.2 Å². The first kappa shape index (κ1) is 15.0. The summed E-state index contributed by atoms with van der Waals surface area (Å²) in [7, 11) is 3.64. The van der Waals surface area contributed by atoms with Crippen molar-refractivity contribution in [1.29, 1.82) is 0 Å². The Morgan fingerprint density at radius 2 is 2.17 bits per heavy atom. The summed E-state index contributed by atoms with van der Waals surface area (Å²) in [6.07, 6.45) is 0.855. The molecule has 0 aliphatic rings. The number of aliphatic hydroxyl groups excluding tert-OH is 1. The molecule has 0 aromatic heterocycles. The first-order valence-electron chi connectivity index (χ1n) is 6.32. The summed E-state index contributed by atoms with van der Waals surface area (Å²) >= 11 is 0. The number of nitrogens with two attached hydrogens (primary N) is 1. The molecular weight excluding hydrogens is 228 g/mol. The van der Waals surface area contributed by atoms with Gasteiger partial charge in [0.25, 0.3) is 0 Å². The second-order valence-electron chi connectivity index (χ2n) is 4.59. The van der Waals surface area contributed by atoms with Crippen molar-refractivity contribution in [2.45, 2.75) is 32.0 Å². The van der Waals surface area contributed by atoms with Crippen LogP contribution in [0.1, 0.15) is 18.9 Å². The van der Waals surface area contributed by atoms with Gasteiger partial charge >= 0.3 is 0 Å². The van der Waals surface area contributed by atoms with E-state index in [4.69, 9.17) is 10.5 Å². The first-order valence-corrected chi connectivity index (χ1v) is 6.32. The standard InChI is InChI=1S/C14H24N2O2/c1-4-13(15)14(10-17)16(2)9-11-6-5-7-12(8-11)18-3/h5-8,13-14,17H,4,9-10,15H2,1-3H3. The monoisotopic (exact) mass is 252 g/mol. The van der Waals surface area contributed by atoms with Crippen molar-refractivity contribution in [2.75, 3.05) is 20.8 Å². The second-order valence-corrected chi connectivity index (χ2v) is 4.59. The highest BCUT2D eigenvalue weighted by atomic mass is 16.5. The van der Waals surface area contributed by atoms with Gasteiger partial charge in [0.2, 0.25) is 0 Å². The third-order valence-electron chi connectivity index (χ3n) is 3.28. The van der Waals surface area contributed by atoms with Crippen LogP contribution in [0.25, 0.3) is 0 Å². The van der Waals surface area contributed by atoms with E-state index in [2.05, 4.69) is 4.90 Å². The molecule has 0 radical (unpaired) electrons. The normalized spacial score (nSPS) is 14.6. The third-order valence-corrected chi connectivity index (χ3v) is 3.28. The lowest BCUT2D eigenvalue weighted by Crippen LogP contribution is -2.47. The van der Waals surface area contributed by atoms with Crippen molar-refractivity contribution in [3.05, 3.63) is 29.8 Å². The molecule has 0 fully saturated rings. The van der Waals surface area contributed by atoms with Gasteiger partial charge in [0.05, 0.1) is 13.7 Å². The van der Waals surface area contributed by atoms with Crippen molar-refractivity contribution in [1.82, 2.24) is 4.90 Å². The van der Waals surface area contributed by atoms with Crippen LogP contribution in [0.4, 0.5) is 0 Å². The van der Waals surface area contributed by atoms with Gasteiger partial charge in [-0.15, -0.1) is 0 Å². The Bertz CT molecular complexity index is 357. The Kier molecular flexibility index (Phi) is 6.12. The van der Waals surface area contributed by atoms with Gasteiger partial charge in [-0.05, 0) is 31.2 Å². The van der Waals surface area contributed by atoms with E-state index in [1.54, 1.807) is 7.11 Å². The maximum Gasteiger partial charge on any atom is 0.119 e. The molecule has 102 valence electrons. The minimum Gasteiger partial charge on any atom is -0.497 e. The summed E-state index contributed by atoms with van der Waals surface area (Å²) in [6, 6.07) is 7.92. The van der Waals surface area contributed by atoms with E-state index in [-0.39, 0.29) is 18.7 Å². The molecule has 1 rings (SSSR count). The largest absolute Gasteiger partial charge is 0.497 e. The number of benzene rings is 1. The number of rotatable bonds is 7. The molecule has 2 atom stereocenters. The molecule has 0 bridgehead atoms. The summed E-state index contributed by atoms with van der Waals surface area (Å²) in [5.74, 6) is 0.848. The average Bonchev–Trinajstić information content (AvgIpc) is 2.39. The van der Waals surface area contributed by atoms with Crippen molar-refractivity contribution >= 4 is 0 Å². The van der Waals surface area contributed by atoms with Crippen molar-refractivity contribution < 1.29 is 9.84 Å². The van der Waals surface area contributed by atoms with Crippen LogP contribution in [0.5, 0.6) is 5.75 Å². The molecule has 0 spiro atoms. The number of hydrogen-bond acceptors (Lipinski definition) is 4. The van der Waals surface area contributed by atoms with E-state index in [0.29, 0.717) is 0 Å². The van der Waals surface area contributed by atoms with Crippen LogP contribution in [-0.2, 0) is 6.54 Å². The van der Waals surface area contributed by atoms with Crippen molar-refractivity contribution in [3.63, 3.8) is 0 Å². The van der Waals surface area contributed by atoms with Gasteiger partial charge < -0.3 is 15.6 Å². The molecule has 4 nitrogen and oxygen atoms in total. The minimum atomic E-state index is -0.0128. The van der Waals surface area contributed by atoms with Crippen LogP contribution in [-0.4, -0.2) is 42.9 Å². The lowest BCUT2D eigenvalue weighted by Gasteiger charge is -2.30. The van der Waals surface area contributed by atoms with Gasteiger partial charge in [0.15, 0.2) is 0 Å². The van der Waals surface area contributed by atoms with Gasteiger partial charge in [-0.1, -0.05) is 19.1 Å². The highest BCUT2D eigenvalue weighted by molar-refractivity contribution is 5.28. The molecule has 1 aromatic carbocycles. The zero-order valence-electron chi connectivity index (χ0n) is 11.5. The SMILES string of the molecule is CCC(N)C(CO)N(C)Cc1cccc(OC)c1. The summed E-state index contributed by atoms with van der Waals surface area (Å²) in [5, 5.41) is 9.43. The summed E-state index contributed by atoms with van der Waals surface area (Å²) in [4.78, 5) is 2.09. The highest BCUT2D eigenvalue weighted by Gasteiger charge is 2.20.